The van der Waals surface area contributed by atoms with Crippen molar-refractivity contribution in [1.82, 2.24) is 0 Å². The fourth-order valence-electron chi connectivity index (χ4n) is 8.29. The van der Waals surface area contributed by atoms with Crippen molar-refractivity contribution in [3.63, 3.8) is 0 Å². The van der Waals surface area contributed by atoms with Gasteiger partial charge in [0.15, 0.2) is 6.10 Å². The molecule has 1 atom stereocenters. The first kappa shape index (κ1) is 59.4. The fourth-order valence-corrected chi connectivity index (χ4v) is 8.29. The Kier molecular flexibility index (Phi) is 45.2. The largest absolute Gasteiger partial charge is 0.462 e. The highest BCUT2D eigenvalue weighted by Crippen LogP contribution is 2.18. The van der Waals surface area contributed by atoms with E-state index in [9.17, 15) is 14.4 Å². The van der Waals surface area contributed by atoms with E-state index in [4.69, 9.17) is 14.2 Å². The zero-order valence-electron chi connectivity index (χ0n) is 42.0. The van der Waals surface area contributed by atoms with Crippen molar-refractivity contribution in [2.75, 3.05) is 13.2 Å². The van der Waals surface area contributed by atoms with Crippen LogP contribution in [-0.4, -0.2) is 37.2 Å². The van der Waals surface area contributed by atoms with Crippen molar-refractivity contribution in [3.05, 3.63) is 0 Å². The second kappa shape index (κ2) is 46.4. The fraction of sp³-hybridized carbons (Fsp3) is 0.945. The third-order valence-electron chi connectivity index (χ3n) is 12.4. The number of carbonyl (C=O) groups is 3. The van der Waals surface area contributed by atoms with Crippen LogP contribution in [0.5, 0.6) is 0 Å². The predicted octanol–water partition coefficient (Wildman–Crippen LogP) is 17.6. The van der Waals surface area contributed by atoms with Gasteiger partial charge in [0.25, 0.3) is 0 Å². The predicted molar refractivity (Wildman–Crippen MR) is 261 cm³/mol. The van der Waals surface area contributed by atoms with Crippen LogP contribution >= 0.6 is 0 Å². The van der Waals surface area contributed by atoms with Gasteiger partial charge in [-0.05, 0) is 37.0 Å². The molecule has 0 bridgehead atoms. The molecule has 0 aromatic carbocycles. The minimum Gasteiger partial charge on any atom is -0.462 e. The molecule has 362 valence electrons. The number of esters is 3. The maximum Gasteiger partial charge on any atom is 0.306 e. The van der Waals surface area contributed by atoms with E-state index in [1.807, 2.05) is 0 Å². The minimum absolute atomic E-state index is 0.0644. The van der Waals surface area contributed by atoms with Crippen LogP contribution < -0.4 is 0 Å². The molecule has 0 saturated carbocycles. The van der Waals surface area contributed by atoms with Crippen molar-refractivity contribution >= 4 is 17.9 Å². The van der Waals surface area contributed by atoms with Crippen molar-refractivity contribution in [2.24, 2.45) is 17.8 Å². The molecule has 0 radical (unpaired) electrons. The van der Waals surface area contributed by atoms with E-state index in [-0.39, 0.29) is 31.1 Å². The number of ether oxygens (including phenoxy) is 3. The van der Waals surface area contributed by atoms with Crippen LogP contribution in [0, 0.1) is 17.8 Å². The topological polar surface area (TPSA) is 78.9 Å². The van der Waals surface area contributed by atoms with Gasteiger partial charge in [-0.1, -0.05) is 260 Å². The molecular formula is C55H106O6. The molecule has 0 fully saturated rings. The molecule has 0 rings (SSSR count). The molecule has 0 aliphatic heterocycles. The monoisotopic (exact) mass is 863 g/mol. The van der Waals surface area contributed by atoms with Gasteiger partial charge in [-0.15, -0.1) is 0 Å². The summed E-state index contributed by atoms with van der Waals surface area (Å²) in [7, 11) is 0. The van der Waals surface area contributed by atoms with Crippen molar-refractivity contribution in [2.45, 2.75) is 304 Å². The van der Waals surface area contributed by atoms with E-state index in [2.05, 4.69) is 41.5 Å². The highest BCUT2D eigenvalue weighted by molar-refractivity contribution is 5.71. The van der Waals surface area contributed by atoms with E-state index in [0.29, 0.717) is 19.3 Å². The molecule has 0 amide bonds. The van der Waals surface area contributed by atoms with Crippen LogP contribution in [0.4, 0.5) is 0 Å². The van der Waals surface area contributed by atoms with Crippen molar-refractivity contribution in [3.8, 4) is 0 Å². The van der Waals surface area contributed by atoms with Crippen molar-refractivity contribution < 1.29 is 28.6 Å². The minimum atomic E-state index is -0.763. The number of hydrogen-bond acceptors (Lipinski definition) is 6. The Bertz CT molecular complexity index is 945. The summed E-state index contributed by atoms with van der Waals surface area (Å²) in [5, 5.41) is 0. The Morgan fingerprint density at radius 3 is 0.705 bits per heavy atom. The van der Waals surface area contributed by atoms with Gasteiger partial charge in [-0.3, -0.25) is 14.4 Å². The van der Waals surface area contributed by atoms with E-state index in [0.717, 1.165) is 75.5 Å². The first-order chi connectivity index (χ1) is 29.6. The molecule has 0 aromatic heterocycles. The first-order valence-electron chi connectivity index (χ1n) is 27.1. The van der Waals surface area contributed by atoms with Gasteiger partial charge in [0, 0.05) is 19.3 Å². The molecule has 0 unspecified atom stereocenters. The zero-order chi connectivity index (χ0) is 44.9. The lowest BCUT2D eigenvalue weighted by atomic mass is 10.0. The SMILES string of the molecule is CC(C)CCCCCCCCCCCCCCCCC(=O)OC[C@@H](COC(=O)CCCCCCCCCCCCCC(C)C)OC(=O)CCCCCCCCCCCC(C)C. The molecule has 0 aromatic rings. The van der Waals surface area contributed by atoms with Gasteiger partial charge in [-0.2, -0.15) is 0 Å². The van der Waals surface area contributed by atoms with Crippen LogP contribution in [-0.2, 0) is 28.6 Å². The zero-order valence-corrected chi connectivity index (χ0v) is 42.0. The quantitative estimate of drug-likeness (QED) is 0.0344. The Balaban J connectivity index is 4.29. The van der Waals surface area contributed by atoms with Gasteiger partial charge < -0.3 is 14.2 Å². The lowest BCUT2D eigenvalue weighted by Crippen LogP contribution is -2.30. The van der Waals surface area contributed by atoms with E-state index in [1.54, 1.807) is 0 Å². The summed E-state index contributed by atoms with van der Waals surface area (Å²) in [5.74, 6) is 1.63. The van der Waals surface area contributed by atoms with E-state index in [1.165, 1.54) is 180 Å². The molecule has 0 spiro atoms. The summed E-state index contributed by atoms with van der Waals surface area (Å²) >= 11 is 0. The molecule has 0 heterocycles. The lowest BCUT2D eigenvalue weighted by Gasteiger charge is -2.18. The number of rotatable bonds is 48. The Labute approximate surface area is 380 Å². The summed E-state index contributed by atoms with van der Waals surface area (Å²) in [6.07, 6.45) is 46.6. The molecule has 61 heavy (non-hydrogen) atoms. The van der Waals surface area contributed by atoms with Gasteiger partial charge in [0.1, 0.15) is 13.2 Å². The van der Waals surface area contributed by atoms with Crippen LogP contribution in [0.25, 0.3) is 0 Å². The van der Waals surface area contributed by atoms with E-state index >= 15 is 0 Å². The van der Waals surface area contributed by atoms with Gasteiger partial charge in [0.05, 0.1) is 0 Å². The summed E-state index contributed by atoms with van der Waals surface area (Å²) in [6.45, 7) is 13.7. The van der Waals surface area contributed by atoms with Crippen molar-refractivity contribution in [1.29, 1.82) is 0 Å². The third-order valence-corrected chi connectivity index (χ3v) is 12.4. The average molecular weight is 863 g/mol. The molecule has 6 heteroatoms. The number of hydrogen-bond donors (Lipinski definition) is 0. The first-order valence-corrected chi connectivity index (χ1v) is 27.1. The standard InChI is InChI=1S/C55H106O6/c1-49(2)41-35-29-23-17-12-9-7-8-10-14-20-26-32-38-44-53(56)59-47-52(61-55(58)46-40-34-28-22-16-19-25-31-37-43-51(5)6)48-60-54(57)45-39-33-27-21-15-11-13-18-24-30-36-42-50(3)4/h49-52H,7-48H2,1-6H3/t52-/m0/s1. The van der Waals surface area contributed by atoms with Gasteiger partial charge in [-0.25, -0.2) is 0 Å². The summed E-state index contributed by atoms with van der Waals surface area (Å²) in [4.78, 5) is 38.0. The molecule has 0 saturated heterocycles. The third kappa shape index (κ3) is 49.3. The maximum absolute atomic E-state index is 12.8. The average Bonchev–Trinajstić information content (AvgIpc) is 3.22. The summed E-state index contributed by atoms with van der Waals surface area (Å²) in [5.41, 5.74) is 0. The van der Waals surface area contributed by atoms with Crippen LogP contribution in [0.3, 0.4) is 0 Å². The second-order valence-electron chi connectivity index (χ2n) is 20.3. The lowest BCUT2D eigenvalue weighted by molar-refractivity contribution is -0.167. The molecule has 0 N–H and O–H groups in total. The Morgan fingerprint density at radius 2 is 0.475 bits per heavy atom. The highest BCUT2D eigenvalue weighted by atomic mass is 16.6. The van der Waals surface area contributed by atoms with Crippen LogP contribution in [0.2, 0.25) is 0 Å². The molecule has 0 aliphatic rings. The second-order valence-corrected chi connectivity index (χ2v) is 20.3. The summed E-state index contributed by atoms with van der Waals surface area (Å²) < 4.78 is 16.8. The summed E-state index contributed by atoms with van der Waals surface area (Å²) in [6, 6.07) is 0. The molecule has 0 aliphatic carbocycles. The van der Waals surface area contributed by atoms with Gasteiger partial charge in [0.2, 0.25) is 0 Å². The molecule has 6 nitrogen and oxygen atoms in total. The Morgan fingerprint density at radius 1 is 0.279 bits per heavy atom. The van der Waals surface area contributed by atoms with Crippen LogP contribution in [0.1, 0.15) is 298 Å². The van der Waals surface area contributed by atoms with Crippen LogP contribution in [0.15, 0.2) is 0 Å². The molecular weight excluding hydrogens is 757 g/mol. The van der Waals surface area contributed by atoms with Gasteiger partial charge >= 0.3 is 17.9 Å². The smallest absolute Gasteiger partial charge is 0.306 e. The Hall–Kier alpha value is -1.59. The number of unbranched alkanes of at least 4 members (excludes halogenated alkanes) is 31. The van der Waals surface area contributed by atoms with E-state index < -0.39 is 6.10 Å². The highest BCUT2D eigenvalue weighted by Gasteiger charge is 2.19. The number of carbonyl (C=O) groups excluding carboxylic acids is 3. The normalized spacial score (nSPS) is 12.1. The maximum atomic E-state index is 12.8.